The number of hydrogen-bond acceptors (Lipinski definition) is 2. The Kier molecular flexibility index (Phi) is 7.77. The van der Waals surface area contributed by atoms with Crippen molar-refractivity contribution < 1.29 is 13.9 Å². The largest absolute Gasteiger partial charge is 0.383 e. The molecule has 28 heavy (non-hydrogen) atoms. The van der Waals surface area contributed by atoms with E-state index in [4.69, 9.17) is 0 Å². The van der Waals surface area contributed by atoms with Crippen molar-refractivity contribution in [2.24, 2.45) is 4.99 Å². The molecular weight excluding hydrogens is 475 g/mol. The van der Waals surface area contributed by atoms with Crippen LogP contribution in [0, 0.1) is 11.6 Å². The maximum absolute atomic E-state index is 14.0. The Morgan fingerprint density at radius 1 is 1.25 bits per heavy atom. The van der Waals surface area contributed by atoms with Crippen molar-refractivity contribution in [2.75, 3.05) is 13.1 Å². The fourth-order valence-electron chi connectivity index (χ4n) is 3.50. The van der Waals surface area contributed by atoms with Gasteiger partial charge in [-0.05, 0) is 43.9 Å². The lowest BCUT2D eigenvalue weighted by atomic mass is 9.96. The van der Waals surface area contributed by atoms with Crippen LogP contribution in [-0.2, 0) is 12.0 Å². The molecule has 2 aromatic rings. The zero-order valence-corrected chi connectivity index (χ0v) is 18.3. The van der Waals surface area contributed by atoms with Crippen LogP contribution < -0.4 is 10.6 Å². The Bertz CT molecular complexity index is 846. The second-order valence-corrected chi connectivity index (χ2v) is 6.92. The molecule has 152 valence electrons. The highest BCUT2D eigenvalue weighted by Gasteiger charge is 2.36. The number of aliphatic imine (C=N–C) groups is 1. The minimum atomic E-state index is -0.997. The molecule has 0 spiro atoms. The number of rotatable bonds is 5. The molecule has 4 nitrogen and oxygen atoms in total. The normalized spacial score (nSPS) is 19.5. The fraction of sp³-hybridized carbons (Fsp3) is 0.381. The third-order valence-corrected chi connectivity index (χ3v) is 4.95. The Balaban J connectivity index is 0.00000280. The molecule has 7 heteroatoms. The fourth-order valence-corrected chi connectivity index (χ4v) is 3.50. The maximum atomic E-state index is 14.0. The van der Waals surface area contributed by atoms with E-state index in [1.807, 2.05) is 31.2 Å². The average Bonchev–Trinajstić information content (AvgIpc) is 2.98. The molecule has 1 aliphatic rings. The molecule has 3 rings (SSSR count). The molecular formula is C21H26F2IN3O. The van der Waals surface area contributed by atoms with Crippen LogP contribution in [0.3, 0.4) is 0 Å². The van der Waals surface area contributed by atoms with Gasteiger partial charge in [0.2, 0.25) is 0 Å². The summed E-state index contributed by atoms with van der Waals surface area (Å²) in [6.45, 7) is 4.54. The van der Waals surface area contributed by atoms with E-state index in [0.29, 0.717) is 24.5 Å². The van der Waals surface area contributed by atoms with Gasteiger partial charge >= 0.3 is 0 Å². The van der Waals surface area contributed by atoms with Gasteiger partial charge in [0.15, 0.2) is 5.96 Å². The van der Waals surface area contributed by atoms with Crippen LogP contribution in [0.4, 0.5) is 8.78 Å². The number of aryl methyl sites for hydroxylation is 1. The molecule has 0 aromatic heterocycles. The quantitative estimate of drug-likeness (QED) is 0.330. The van der Waals surface area contributed by atoms with Gasteiger partial charge < -0.3 is 15.7 Å². The zero-order valence-electron chi connectivity index (χ0n) is 16.0. The van der Waals surface area contributed by atoms with Gasteiger partial charge in [0.25, 0.3) is 0 Å². The van der Waals surface area contributed by atoms with E-state index >= 15 is 0 Å². The van der Waals surface area contributed by atoms with E-state index in [1.165, 1.54) is 12.1 Å². The molecule has 1 aliphatic carbocycles. The third-order valence-electron chi connectivity index (χ3n) is 4.95. The molecule has 0 saturated carbocycles. The summed E-state index contributed by atoms with van der Waals surface area (Å²) in [5.41, 5.74) is 1.42. The minimum Gasteiger partial charge on any atom is -0.383 e. The SMILES string of the molecule is CCNC(=NCC1(O)CCc2ccccc21)NC(C)c1ccc(F)cc1F.I. The van der Waals surface area contributed by atoms with Gasteiger partial charge in [-0.3, -0.25) is 0 Å². The van der Waals surface area contributed by atoms with E-state index in [-0.39, 0.29) is 30.5 Å². The number of nitrogens with zero attached hydrogens (tertiary/aromatic N) is 1. The summed E-state index contributed by atoms with van der Waals surface area (Å²) in [4.78, 5) is 4.53. The predicted molar refractivity (Wildman–Crippen MR) is 118 cm³/mol. The lowest BCUT2D eigenvalue weighted by molar-refractivity contribution is 0.0485. The number of guanidine groups is 1. The number of nitrogens with one attached hydrogen (secondary N) is 2. The predicted octanol–water partition coefficient (Wildman–Crippen LogP) is 4.03. The van der Waals surface area contributed by atoms with E-state index in [9.17, 15) is 13.9 Å². The molecule has 2 unspecified atom stereocenters. The summed E-state index contributed by atoms with van der Waals surface area (Å²) in [7, 11) is 0. The van der Waals surface area contributed by atoms with Crippen LogP contribution in [0.15, 0.2) is 47.5 Å². The Morgan fingerprint density at radius 2 is 2.00 bits per heavy atom. The van der Waals surface area contributed by atoms with Gasteiger partial charge in [-0.15, -0.1) is 24.0 Å². The van der Waals surface area contributed by atoms with E-state index in [0.717, 1.165) is 23.6 Å². The lowest BCUT2D eigenvalue weighted by Crippen LogP contribution is -2.40. The van der Waals surface area contributed by atoms with Gasteiger partial charge in [-0.1, -0.05) is 30.3 Å². The molecule has 0 heterocycles. The summed E-state index contributed by atoms with van der Waals surface area (Å²) < 4.78 is 27.1. The van der Waals surface area contributed by atoms with Crippen molar-refractivity contribution in [1.29, 1.82) is 0 Å². The topological polar surface area (TPSA) is 56.7 Å². The monoisotopic (exact) mass is 501 g/mol. The van der Waals surface area contributed by atoms with Crippen LogP contribution in [-0.4, -0.2) is 24.2 Å². The first-order valence-electron chi connectivity index (χ1n) is 9.23. The Labute approximate surface area is 181 Å². The summed E-state index contributed by atoms with van der Waals surface area (Å²) in [5, 5.41) is 17.3. The summed E-state index contributed by atoms with van der Waals surface area (Å²) in [5.74, 6) is -0.730. The average molecular weight is 501 g/mol. The number of halogens is 3. The smallest absolute Gasteiger partial charge is 0.191 e. The van der Waals surface area contributed by atoms with E-state index in [1.54, 1.807) is 6.92 Å². The van der Waals surface area contributed by atoms with Crippen LogP contribution >= 0.6 is 24.0 Å². The molecule has 0 saturated heterocycles. The van der Waals surface area contributed by atoms with Crippen LogP contribution in [0.1, 0.15) is 43.0 Å². The van der Waals surface area contributed by atoms with E-state index in [2.05, 4.69) is 15.6 Å². The van der Waals surface area contributed by atoms with E-state index < -0.39 is 23.3 Å². The standard InChI is InChI=1S/C21H25F2N3O.HI/c1-3-24-20(26-14(2)17-9-8-16(22)12-19(17)23)25-13-21(27)11-10-15-6-4-5-7-18(15)21;/h4-9,12,14,27H,3,10-11,13H2,1-2H3,(H2,24,25,26);1H. The molecule has 0 amide bonds. The first kappa shape index (κ1) is 22.5. The summed E-state index contributed by atoms with van der Waals surface area (Å²) in [6, 6.07) is 11.0. The first-order chi connectivity index (χ1) is 12.9. The van der Waals surface area contributed by atoms with Crippen LogP contribution in [0.5, 0.6) is 0 Å². The molecule has 2 atom stereocenters. The second-order valence-electron chi connectivity index (χ2n) is 6.92. The van der Waals surface area contributed by atoms with Gasteiger partial charge in [-0.2, -0.15) is 0 Å². The molecule has 0 fully saturated rings. The number of benzene rings is 2. The molecule has 2 aromatic carbocycles. The van der Waals surface area contributed by atoms with Crippen molar-refractivity contribution in [2.45, 2.75) is 38.3 Å². The maximum Gasteiger partial charge on any atom is 0.191 e. The number of aliphatic hydroxyl groups is 1. The van der Waals surface area contributed by atoms with Gasteiger partial charge in [-0.25, -0.2) is 13.8 Å². The van der Waals surface area contributed by atoms with Gasteiger partial charge in [0, 0.05) is 18.2 Å². The highest BCUT2D eigenvalue weighted by Crippen LogP contribution is 2.36. The van der Waals surface area contributed by atoms with Crippen LogP contribution in [0.2, 0.25) is 0 Å². The molecule has 3 N–H and O–H groups in total. The van der Waals surface area contributed by atoms with Crippen molar-refractivity contribution in [3.8, 4) is 0 Å². The Morgan fingerprint density at radius 3 is 2.71 bits per heavy atom. The lowest BCUT2D eigenvalue weighted by Gasteiger charge is -2.24. The van der Waals surface area contributed by atoms with Crippen molar-refractivity contribution in [3.63, 3.8) is 0 Å². The molecule has 0 bridgehead atoms. The molecule has 0 aliphatic heterocycles. The third kappa shape index (κ3) is 5.00. The summed E-state index contributed by atoms with van der Waals surface area (Å²) in [6.07, 6.45) is 1.45. The van der Waals surface area contributed by atoms with Crippen molar-refractivity contribution >= 4 is 29.9 Å². The van der Waals surface area contributed by atoms with Crippen molar-refractivity contribution in [3.05, 3.63) is 70.8 Å². The Hall–Kier alpha value is -1.74. The first-order valence-corrected chi connectivity index (χ1v) is 9.23. The van der Waals surface area contributed by atoms with Gasteiger partial charge in [0.05, 0.1) is 12.6 Å². The molecule has 0 radical (unpaired) electrons. The highest BCUT2D eigenvalue weighted by molar-refractivity contribution is 14.0. The van der Waals surface area contributed by atoms with Crippen LogP contribution in [0.25, 0.3) is 0 Å². The summed E-state index contributed by atoms with van der Waals surface area (Å²) >= 11 is 0. The minimum absolute atomic E-state index is 0. The highest BCUT2D eigenvalue weighted by atomic mass is 127. The number of hydrogen-bond donors (Lipinski definition) is 3. The van der Waals surface area contributed by atoms with Gasteiger partial charge in [0.1, 0.15) is 17.2 Å². The second kappa shape index (κ2) is 9.65. The van der Waals surface area contributed by atoms with Crippen molar-refractivity contribution in [1.82, 2.24) is 10.6 Å². The zero-order chi connectivity index (χ0) is 19.4. The number of fused-ring (bicyclic) bond motifs is 1.